The van der Waals surface area contributed by atoms with E-state index in [1.165, 1.54) is 0 Å². The Morgan fingerprint density at radius 1 is 1.08 bits per heavy atom. The third-order valence-electron chi connectivity index (χ3n) is 4.98. The predicted octanol–water partition coefficient (Wildman–Crippen LogP) is 4.64. The minimum atomic E-state index is -0.312. The number of aromatic nitrogens is 1. The molecule has 2 aromatic rings. The highest BCUT2D eigenvalue weighted by molar-refractivity contribution is 6.05. The molecule has 1 N–H and O–H groups in total. The van der Waals surface area contributed by atoms with E-state index < -0.39 is 0 Å². The van der Waals surface area contributed by atoms with Crippen LogP contribution in [0.15, 0.2) is 29.1 Å². The SMILES string of the molecule is CCCCn1c(C)cc(=O)c(C(=O)Nc2c(CC)cccc2CC)c1C. The van der Waals surface area contributed by atoms with E-state index in [0.717, 1.165) is 60.4 Å². The number of hydrogen-bond acceptors (Lipinski definition) is 2. The second kappa shape index (κ2) is 8.84. The van der Waals surface area contributed by atoms with Crippen LogP contribution in [0.4, 0.5) is 5.69 Å². The van der Waals surface area contributed by atoms with Crippen molar-refractivity contribution in [3.05, 3.63) is 62.6 Å². The maximum absolute atomic E-state index is 13.0. The van der Waals surface area contributed by atoms with Crippen molar-refractivity contribution in [2.45, 2.75) is 66.8 Å². The molecular formula is C22H30N2O2. The fourth-order valence-corrected chi connectivity index (χ4v) is 3.43. The number of carbonyl (C=O) groups is 1. The second-order valence-electron chi connectivity index (χ2n) is 6.73. The van der Waals surface area contributed by atoms with Crippen molar-refractivity contribution in [2.24, 2.45) is 0 Å². The molecule has 2 rings (SSSR count). The minimum Gasteiger partial charge on any atom is -0.348 e. The molecule has 0 spiro atoms. The van der Waals surface area contributed by atoms with Crippen molar-refractivity contribution in [1.29, 1.82) is 0 Å². The summed E-state index contributed by atoms with van der Waals surface area (Å²) in [6, 6.07) is 7.64. The van der Waals surface area contributed by atoms with Crippen LogP contribution in [0.5, 0.6) is 0 Å². The monoisotopic (exact) mass is 354 g/mol. The zero-order chi connectivity index (χ0) is 19.3. The summed E-state index contributed by atoms with van der Waals surface area (Å²) >= 11 is 0. The minimum absolute atomic E-state index is 0.211. The van der Waals surface area contributed by atoms with Crippen LogP contribution < -0.4 is 10.7 Å². The molecule has 1 amide bonds. The Kier molecular flexibility index (Phi) is 6.78. The van der Waals surface area contributed by atoms with E-state index in [2.05, 4.69) is 30.7 Å². The van der Waals surface area contributed by atoms with Gasteiger partial charge in [0.05, 0.1) is 0 Å². The summed E-state index contributed by atoms with van der Waals surface area (Å²) in [6.07, 6.45) is 3.74. The summed E-state index contributed by atoms with van der Waals surface area (Å²) < 4.78 is 2.08. The molecule has 0 bridgehead atoms. The van der Waals surface area contributed by atoms with Gasteiger partial charge < -0.3 is 9.88 Å². The Morgan fingerprint density at radius 2 is 1.69 bits per heavy atom. The summed E-state index contributed by atoms with van der Waals surface area (Å²) in [7, 11) is 0. The fourth-order valence-electron chi connectivity index (χ4n) is 3.43. The van der Waals surface area contributed by atoms with Gasteiger partial charge in [0, 0.05) is 29.7 Å². The number of pyridine rings is 1. The number of para-hydroxylation sites is 1. The van der Waals surface area contributed by atoms with Gasteiger partial charge in [-0.2, -0.15) is 0 Å². The molecule has 0 atom stereocenters. The van der Waals surface area contributed by atoms with E-state index in [9.17, 15) is 9.59 Å². The Morgan fingerprint density at radius 3 is 2.23 bits per heavy atom. The van der Waals surface area contributed by atoms with Crippen LogP contribution in [0, 0.1) is 13.8 Å². The number of carbonyl (C=O) groups excluding carboxylic acids is 1. The van der Waals surface area contributed by atoms with Crippen LogP contribution in [0.3, 0.4) is 0 Å². The Bertz CT molecular complexity index is 828. The zero-order valence-electron chi connectivity index (χ0n) is 16.6. The van der Waals surface area contributed by atoms with Crippen LogP contribution in [0.25, 0.3) is 0 Å². The van der Waals surface area contributed by atoms with Gasteiger partial charge in [0.25, 0.3) is 5.91 Å². The lowest BCUT2D eigenvalue weighted by molar-refractivity contribution is 0.102. The first kappa shape index (κ1) is 20.0. The van der Waals surface area contributed by atoms with Gasteiger partial charge in [0.1, 0.15) is 5.56 Å². The highest BCUT2D eigenvalue weighted by Gasteiger charge is 2.19. The first-order valence-corrected chi connectivity index (χ1v) is 9.57. The van der Waals surface area contributed by atoms with E-state index in [-0.39, 0.29) is 16.9 Å². The van der Waals surface area contributed by atoms with Crippen molar-refractivity contribution < 1.29 is 4.79 Å². The van der Waals surface area contributed by atoms with E-state index in [0.29, 0.717) is 0 Å². The number of nitrogens with one attached hydrogen (secondary N) is 1. The van der Waals surface area contributed by atoms with Crippen molar-refractivity contribution in [2.75, 3.05) is 5.32 Å². The number of unbranched alkanes of at least 4 members (excludes halogenated alkanes) is 1. The smallest absolute Gasteiger partial charge is 0.261 e. The number of nitrogens with zero attached hydrogens (tertiary/aromatic N) is 1. The summed E-state index contributed by atoms with van der Waals surface area (Å²) in [5, 5.41) is 3.03. The van der Waals surface area contributed by atoms with Gasteiger partial charge in [0.2, 0.25) is 0 Å². The van der Waals surface area contributed by atoms with Crippen LogP contribution in [-0.4, -0.2) is 10.5 Å². The molecule has 0 radical (unpaired) electrons. The average Bonchev–Trinajstić information content (AvgIpc) is 2.61. The van der Waals surface area contributed by atoms with E-state index in [1.54, 1.807) is 6.07 Å². The highest BCUT2D eigenvalue weighted by Crippen LogP contribution is 2.23. The lowest BCUT2D eigenvalue weighted by Crippen LogP contribution is -2.27. The molecule has 0 aliphatic heterocycles. The summed E-state index contributed by atoms with van der Waals surface area (Å²) in [5.74, 6) is -0.312. The maximum Gasteiger partial charge on any atom is 0.261 e. The quantitative estimate of drug-likeness (QED) is 0.787. The molecule has 0 aliphatic carbocycles. The maximum atomic E-state index is 13.0. The van der Waals surface area contributed by atoms with Gasteiger partial charge in [-0.05, 0) is 44.2 Å². The fraction of sp³-hybridized carbons (Fsp3) is 0.455. The number of anilines is 1. The summed E-state index contributed by atoms with van der Waals surface area (Å²) in [5.41, 5.74) is 4.72. The molecular weight excluding hydrogens is 324 g/mol. The first-order chi connectivity index (χ1) is 12.4. The average molecular weight is 354 g/mol. The molecule has 4 nitrogen and oxygen atoms in total. The number of rotatable bonds is 7. The number of amides is 1. The van der Waals surface area contributed by atoms with Gasteiger partial charge in [-0.25, -0.2) is 0 Å². The molecule has 1 aromatic heterocycles. The number of benzene rings is 1. The van der Waals surface area contributed by atoms with Crippen molar-refractivity contribution >= 4 is 11.6 Å². The first-order valence-electron chi connectivity index (χ1n) is 9.57. The van der Waals surface area contributed by atoms with Crippen LogP contribution in [0.2, 0.25) is 0 Å². The Hall–Kier alpha value is -2.36. The van der Waals surface area contributed by atoms with E-state index >= 15 is 0 Å². The van der Waals surface area contributed by atoms with E-state index in [1.807, 2.05) is 32.0 Å². The molecule has 0 fully saturated rings. The molecule has 1 heterocycles. The van der Waals surface area contributed by atoms with Crippen molar-refractivity contribution in [1.82, 2.24) is 4.57 Å². The molecule has 0 unspecified atom stereocenters. The third-order valence-corrected chi connectivity index (χ3v) is 4.98. The molecule has 1 aromatic carbocycles. The summed E-state index contributed by atoms with van der Waals surface area (Å²) in [4.78, 5) is 25.6. The summed E-state index contributed by atoms with van der Waals surface area (Å²) in [6.45, 7) is 10.9. The topological polar surface area (TPSA) is 51.1 Å². The van der Waals surface area contributed by atoms with Gasteiger partial charge in [0.15, 0.2) is 5.43 Å². The standard InChI is InChI=1S/C22H30N2O2/c1-6-9-13-24-15(4)14-19(25)20(16(24)5)22(26)23-21-17(7-2)11-10-12-18(21)8-3/h10-12,14H,6-9,13H2,1-5H3,(H,23,26). The van der Waals surface area contributed by atoms with Crippen LogP contribution >= 0.6 is 0 Å². The lowest BCUT2D eigenvalue weighted by Gasteiger charge is -2.19. The molecule has 0 saturated heterocycles. The molecule has 26 heavy (non-hydrogen) atoms. The normalized spacial score (nSPS) is 10.8. The third kappa shape index (κ3) is 4.06. The Balaban J connectivity index is 2.47. The Labute approximate surface area is 156 Å². The van der Waals surface area contributed by atoms with Crippen LogP contribution in [-0.2, 0) is 19.4 Å². The van der Waals surface area contributed by atoms with E-state index in [4.69, 9.17) is 0 Å². The van der Waals surface area contributed by atoms with Gasteiger partial charge >= 0.3 is 0 Å². The highest BCUT2D eigenvalue weighted by atomic mass is 16.2. The number of hydrogen-bond donors (Lipinski definition) is 1. The largest absolute Gasteiger partial charge is 0.348 e. The zero-order valence-corrected chi connectivity index (χ0v) is 16.6. The second-order valence-corrected chi connectivity index (χ2v) is 6.73. The molecule has 4 heteroatoms. The van der Waals surface area contributed by atoms with Crippen LogP contribution in [0.1, 0.15) is 66.5 Å². The lowest BCUT2D eigenvalue weighted by atomic mass is 10.0. The molecule has 0 saturated carbocycles. The van der Waals surface area contributed by atoms with Gasteiger partial charge in [-0.3, -0.25) is 9.59 Å². The number of aryl methyl sites for hydroxylation is 3. The van der Waals surface area contributed by atoms with Crippen molar-refractivity contribution in [3.8, 4) is 0 Å². The van der Waals surface area contributed by atoms with Crippen molar-refractivity contribution in [3.63, 3.8) is 0 Å². The predicted molar refractivity (Wildman–Crippen MR) is 108 cm³/mol. The van der Waals surface area contributed by atoms with Gasteiger partial charge in [-0.1, -0.05) is 45.4 Å². The van der Waals surface area contributed by atoms with Gasteiger partial charge in [-0.15, -0.1) is 0 Å². The molecule has 140 valence electrons. The molecule has 0 aliphatic rings.